The molecule has 9 nitrogen and oxygen atoms in total. The van der Waals surface area contributed by atoms with Crippen LogP contribution < -0.4 is 32.5 Å². The van der Waals surface area contributed by atoms with Gasteiger partial charge in [-0.1, -0.05) is 0 Å². The van der Waals surface area contributed by atoms with Gasteiger partial charge in [-0.15, -0.1) is 12.4 Å². The summed E-state index contributed by atoms with van der Waals surface area (Å²) in [5.41, 5.74) is 13.5. The fourth-order valence-electron chi connectivity index (χ4n) is 0. The van der Waals surface area contributed by atoms with E-state index in [0.29, 0.717) is 0 Å². The summed E-state index contributed by atoms with van der Waals surface area (Å²) in [5, 5.41) is 27.4. The summed E-state index contributed by atoms with van der Waals surface area (Å²) in [4.78, 5) is 27.4. The van der Waals surface area contributed by atoms with E-state index in [1.54, 1.807) is 0 Å². The average Bonchev–Trinajstić information content (AvgIpc) is 2.19. The first-order valence-corrected chi connectivity index (χ1v) is 3.51. The quantitative estimate of drug-likeness (QED) is 0.421. The standard InChI is InChI=1S/3C2H5NO2.Al.ClH/c3*3-1-2(4)5;;/h3*1,3H2,(H,4,5);;1H/q;;;+3;/p-3. The Morgan fingerprint density at radius 1 is 0.706 bits per heavy atom. The van der Waals surface area contributed by atoms with Gasteiger partial charge in [-0.05, 0) is 0 Å². The normalized spacial score (nSPS) is 6.53. The molecule has 17 heavy (non-hydrogen) atoms. The molecule has 0 aliphatic carbocycles. The zero-order valence-corrected chi connectivity index (χ0v) is 10.8. The Balaban J connectivity index is -0.0000000400. The van der Waals surface area contributed by atoms with Crippen LogP contribution in [0.1, 0.15) is 0 Å². The first-order chi connectivity index (χ1) is 6.81. The van der Waals surface area contributed by atoms with Crippen LogP contribution in [0.3, 0.4) is 0 Å². The third kappa shape index (κ3) is 99.4. The summed E-state index contributed by atoms with van der Waals surface area (Å²) in [6, 6.07) is 0. The third-order valence-corrected chi connectivity index (χ3v) is 0.500. The van der Waals surface area contributed by atoms with Gasteiger partial charge in [0.2, 0.25) is 0 Å². The Morgan fingerprint density at radius 3 is 0.765 bits per heavy atom. The van der Waals surface area contributed by atoms with Crippen LogP contribution in [0.2, 0.25) is 0 Å². The van der Waals surface area contributed by atoms with E-state index in [1.165, 1.54) is 0 Å². The number of nitrogens with two attached hydrogens (primary N) is 3. The number of carbonyl (C=O) groups excluding carboxylic acids is 3. The number of carbonyl (C=O) groups is 3. The Hall–Kier alpha value is -0.888. The van der Waals surface area contributed by atoms with E-state index in [0.717, 1.165) is 0 Å². The average molecular weight is 286 g/mol. The molecule has 0 aliphatic heterocycles. The van der Waals surface area contributed by atoms with Crippen LogP contribution in [0.15, 0.2) is 0 Å². The van der Waals surface area contributed by atoms with Gasteiger partial charge in [0.1, 0.15) is 0 Å². The molecule has 0 aromatic carbocycles. The molecule has 98 valence electrons. The van der Waals surface area contributed by atoms with Crippen LogP contribution in [0, 0.1) is 0 Å². The van der Waals surface area contributed by atoms with E-state index in [4.69, 9.17) is 29.7 Å². The van der Waals surface area contributed by atoms with Crippen LogP contribution in [0.25, 0.3) is 0 Å². The molecule has 0 aromatic rings. The molecule has 0 rings (SSSR count). The first-order valence-electron chi connectivity index (χ1n) is 3.51. The van der Waals surface area contributed by atoms with Crippen molar-refractivity contribution in [3.05, 3.63) is 0 Å². The molecule has 0 atom stereocenters. The molecule has 0 radical (unpaired) electrons. The number of halogens is 1. The molecule has 6 N–H and O–H groups in total. The van der Waals surface area contributed by atoms with Crippen LogP contribution >= 0.6 is 12.4 Å². The SMILES string of the molecule is Cl.NCC(=O)[O-].NCC(=O)[O-].NCC(=O)[O-].[Al+3]. The molecule has 0 fully saturated rings. The van der Waals surface area contributed by atoms with E-state index in [9.17, 15) is 0 Å². The molecular formula is C6H13AlClN3O6. The third-order valence-electron chi connectivity index (χ3n) is 0.500. The second-order valence-electron chi connectivity index (χ2n) is 1.73. The topological polar surface area (TPSA) is 198 Å². The zero-order chi connectivity index (χ0) is 12.9. The van der Waals surface area contributed by atoms with Gasteiger partial charge in [0.25, 0.3) is 0 Å². The van der Waals surface area contributed by atoms with Crippen molar-refractivity contribution in [2.24, 2.45) is 17.2 Å². The largest absolute Gasteiger partial charge is 3.00 e. The summed E-state index contributed by atoms with van der Waals surface area (Å²) in [6.07, 6.45) is 0. The van der Waals surface area contributed by atoms with Crippen LogP contribution in [0.4, 0.5) is 0 Å². The van der Waals surface area contributed by atoms with Crippen molar-refractivity contribution in [3.8, 4) is 0 Å². The number of hydrogen-bond acceptors (Lipinski definition) is 9. The van der Waals surface area contributed by atoms with Crippen molar-refractivity contribution < 1.29 is 29.7 Å². The predicted octanol–water partition coefficient (Wildman–Crippen LogP) is -6.87. The zero-order valence-electron chi connectivity index (χ0n) is 8.79. The second-order valence-corrected chi connectivity index (χ2v) is 1.73. The second kappa shape index (κ2) is 24.4. The minimum atomic E-state index is -1.22. The molecule has 0 amide bonds. The van der Waals surface area contributed by atoms with Crippen LogP contribution in [0.5, 0.6) is 0 Å². The molecule has 0 spiro atoms. The van der Waals surface area contributed by atoms with Gasteiger partial charge >= 0.3 is 17.4 Å². The Morgan fingerprint density at radius 2 is 0.765 bits per heavy atom. The van der Waals surface area contributed by atoms with E-state index in [-0.39, 0.29) is 49.4 Å². The fraction of sp³-hybridized carbons (Fsp3) is 0.500. The number of hydrogen-bond donors (Lipinski definition) is 3. The van der Waals surface area contributed by atoms with Crippen molar-refractivity contribution in [1.29, 1.82) is 0 Å². The maximum Gasteiger partial charge on any atom is 3.00 e. The van der Waals surface area contributed by atoms with Gasteiger partial charge in [-0.2, -0.15) is 0 Å². The van der Waals surface area contributed by atoms with E-state index < -0.39 is 17.9 Å². The number of rotatable bonds is 3. The van der Waals surface area contributed by atoms with Gasteiger partial charge < -0.3 is 46.9 Å². The molecule has 0 aromatic heterocycles. The van der Waals surface area contributed by atoms with Gasteiger partial charge in [0.05, 0.1) is 17.9 Å². The van der Waals surface area contributed by atoms with Crippen molar-refractivity contribution >= 4 is 47.7 Å². The Kier molecular flexibility index (Phi) is 42.7. The molecule has 0 heterocycles. The Labute approximate surface area is 114 Å². The smallest absolute Gasteiger partial charge is 0.549 e. The van der Waals surface area contributed by atoms with Gasteiger partial charge in [0.15, 0.2) is 0 Å². The Bertz CT molecular complexity index is 173. The minimum Gasteiger partial charge on any atom is -0.549 e. The predicted molar refractivity (Wildman–Crippen MR) is 55.2 cm³/mol. The van der Waals surface area contributed by atoms with Gasteiger partial charge in [0, 0.05) is 19.6 Å². The van der Waals surface area contributed by atoms with E-state index in [2.05, 4.69) is 17.2 Å². The molecule has 11 heteroatoms. The first kappa shape index (κ1) is 29.8. The summed E-state index contributed by atoms with van der Waals surface area (Å²) < 4.78 is 0. The van der Waals surface area contributed by atoms with Gasteiger partial charge in [-0.25, -0.2) is 0 Å². The molecule has 0 saturated carbocycles. The number of carboxylic acid groups (broad SMARTS) is 3. The summed E-state index contributed by atoms with van der Waals surface area (Å²) in [7, 11) is 0. The summed E-state index contributed by atoms with van der Waals surface area (Å²) >= 11 is 0. The van der Waals surface area contributed by atoms with E-state index >= 15 is 0 Å². The number of aliphatic carboxylic acids is 3. The maximum absolute atomic E-state index is 9.13. The van der Waals surface area contributed by atoms with Crippen molar-refractivity contribution in [2.75, 3.05) is 19.6 Å². The maximum atomic E-state index is 9.13. The molecule has 0 aliphatic rings. The molecular weight excluding hydrogens is 273 g/mol. The molecule has 0 saturated heterocycles. The van der Waals surface area contributed by atoms with Crippen molar-refractivity contribution in [2.45, 2.75) is 0 Å². The molecule has 0 bridgehead atoms. The summed E-state index contributed by atoms with van der Waals surface area (Å²) in [6.45, 7) is -1.17. The monoisotopic (exact) mass is 285 g/mol. The summed E-state index contributed by atoms with van der Waals surface area (Å²) in [5.74, 6) is -3.65. The fourth-order valence-corrected chi connectivity index (χ4v) is 0. The number of carboxylic acids is 3. The van der Waals surface area contributed by atoms with Crippen LogP contribution in [-0.4, -0.2) is 54.9 Å². The van der Waals surface area contributed by atoms with Gasteiger partial charge in [-0.3, -0.25) is 0 Å². The van der Waals surface area contributed by atoms with Crippen LogP contribution in [-0.2, 0) is 14.4 Å². The van der Waals surface area contributed by atoms with E-state index in [1.807, 2.05) is 0 Å². The molecule has 0 unspecified atom stereocenters. The van der Waals surface area contributed by atoms with Crippen molar-refractivity contribution in [1.82, 2.24) is 0 Å². The van der Waals surface area contributed by atoms with Crippen molar-refractivity contribution in [3.63, 3.8) is 0 Å². The minimum absolute atomic E-state index is 0.